The summed E-state index contributed by atoms with van der Waals surface area (Å²) in [5, 5.41) is 8.50. The third-order valence-electron chi connectivity index (χ3n) is 1.86. The maximum Gasteiger partial charge on any atom is 0.328 e. The first kappa shape index (κ1) is 12.2. The number of aliphatic carboxylic acids is 1. The first-order valence-corrected chi connectivity index (χ1v) is 4.32. The highest BCUT2D eigenvalue weighted by atomic mass is 16.4. The SMILES string of the molecule is CN(C)[C@@H](/C=C/C(=O)O)C(C)(C)C. The lowest BCUT2D eigenvalue weighted by molar-refractivity contribution is -0.131. The maximum atomic E-state index is 10.3. The topological polar surface area (TPSA) is 40.5 Å². The Balaban J connectivity index is 4.55. The smallest absolute Gasteiger partial charge is 0.328 e. The van der Waals surface area contributed by atoms with Gasteiger partial charge in [0.1, 0.15) is 0 Å². The van der Waals surface area contributed by atoms with Gasteiger partial charge in [-0.2, -0.15) is 0 Å². The quantitative estimate of drug-likeness (QED) is 0.679. The molecule has 0 bridgehead atoms. The van der Waals surface area contributed by atoms with E-state index in [4.69, 9.17) is 5.11 Å². The summed E-state index contributed by atoms with van der Waals surface area (Å²) in [6, 6.07) is 0.142. The van der Waals surface area contributed by atoms with Gasteiger partial charge in [-0.15, -0.1) is 0 Å². The summed E-state index contributed by atoms with van der Waals surface area (Å²) in [6.07, 6.45) is 2.93. The molecule has 0 spiro atoms. The minimum atomic E-state index is -0.892. The van der Waals surface area contributed by atoms with E-state index in [2.05, 4.69) is 20.8 Å². The second-order valence-corrected chi connectivity index (χ2v) is 4.47. The third-order valence-corrected chi connectivity index (χ3v) is 1.86. The van der Waals surface area contributed by atoms with Crippen LogP contribution in [0.1, 0.15) is 20.8 Å². The van der Waals surface area contributed by atoms with Crippen molar-refractivity contribution in [2.45, 2.75) is 26.8 Å². The molecule has 0 saturated carbocycles. The summed E-state index contributed by atoms with van der Waals surface area (Å²) in [5.74, 6) is -0.892. The van der Waals surface area contributed by atoms with Crippen LogP contribution in [-0.2, 0) is 4.79 Å². The zero-order valence-electron chi connectivity index (χ0n) is 9.03. The molecule has 0 aromatic heterocycles. The van der Waals surface area contributed by atoms with Crippen LogP contribution >= 0.6 is 0 Å². The van der Waals surface area contributed by atoms with Gasteiger partial charge in [-0.05, 0) is 19.5 Å². The first-order valence-electron chi connectivity index (χ1n) is 4.32. The summed E-state index contributed by atoms with van der Waals surface area (Å²) in [6.45, 7) is 6.26. The van der Waals surface area contributed by atoms with E-state index < -0.39 is 5.97 Å². The van der Waals surface area contributed by atoms with Gasteiger partial charge in [-0.1, -0.05) is 26.8 Å². The van der Waals surface area contributed by atoms with Crippen molar-refractivity contribution >= 4 is 5.97 Å². The van der Waals surface area contributed by atoms with Crippen molar-refractivity contribution in [1.82, 2.24) is 4.90 Å². The fourth-order valence-corrected chi connectivity index (χ4v) is 1.41. The van der Waals surface area contributed by atoms with Crippen LogP contribution in [0.5, 0.6) is 0 Å². The van der Waals surface area contributed by atoms with Crippen molar-refractivity contribution in [3.05, 3.63) is 12.2 Å². The number of hydrogen-bond donors (Lipinski definition) is 1. The predicted molar refractivity (Wildman–Crippen MR) is 53.7 cm³/mol. The van der Waals surface area contributed by atoms with Crippen molar-refractivity contribution in [3.63, 3.8) is 0 Å². The van der Waals surface area contributed by atoms with E-state index in [1.165, 1.54) is 6.08 Å². The number of likely N-dealkylation sites (N-methyl/N-ethyl adjacent to an activating group) is 1. The fraction of sp³-hybridized carbons (Fsp3) is 0.700. The number of hydrogen-bond acceptors (Lipinski definition) is 2. The molecular weight excluding hydrogens is 166 g/mol. The Morgan fingerprint density at radius 1 is 1.38 bits per heavy atom. The molecule has 76 valence electrons. The summed E-state index contributed by atoms with van der Waals surface area (Å²) in [4.78, 5) is 12.4. The number of nitrogens with zero attached hydrogens (tertiary/aromatic N) is 1. The lowest BCUT2D eigenvalue weighted by Gasteiger charge is -2.33. The molecular formula is C10H19NO2. The van der Waals surface area contributed by atoms with Crippen LogP contribution in [-0.4, -0.2) is 36.1 Å². The van der Waals surface area contributed by atoms with E-state index >= 15 is 0 Å². The average Bonchev–Trinajstić information content (AvgIpc) is 1.81. The molecule has 0 heterocycles. The Kier molecular flexibility index (Phi) is 4.14. The fourth-order valence-electron chi connectivity index (χ4n) is 1.41. The Bertz CT molecular complexity index is 201. The zero-order valence-corrected chi connectivity index (χ0v) is 9.03. The minimum Gasteiger partial charge on any atom is -0.478 e. The second-order valence-electron chi connectivity index (χ2n) is 4.47. The van der Waals surface area contributed by atoms with Crippen LogP contribution in [0.15, 0.2) is 12.2 Å². The van der Waals surface area contributed by atoms with Gasteiger partial charge >= 0.3 is 5.97 Å². The van der Waals surface area contributed by atoms with Gasteiger partial charge < -0.3 is 10.0 Å². The van der Waals surface area contributed by atoms with E-state index in [1.54, 1.807) is 6.08 Å². The molecule has 0 fully saturated rings. The normalized spacial score (nSPS) is 15.2. The predicted octanol–water partition coefficient (Wildman–Crippen LogP) is 1.60. The average molecular weight is 185 g/mol. The maximum absolute atomic E-state index is 10.3. The molecule has 0 unspecified atom stereocenters. The number of carbonyl (C=O) groups is 1. The van der Waals surface area contributed by atoms with Crippen LogP contribution in [0.2, 0.25) is 0 Å². The third kappa shape index (κ3) is 4.68. The number of carboxylic acid groups (broad SMARTS) is 1. The molecule has 0 rings (SSSR count). The molecule has 0 amide bonds. The van der Waals surface area contributed by atoms with Gasteiger partial charge in [0.15, 0.2) is 0 Å². The summed E-state index contributed by atoms with van der Waals surface area (Å²) in [7, 11) is 3.89. The molecule has 0 aromatic rings. The van der Waals surface area contributed by atoms with Gasteiger partial charge in [0, 0.05) is 12.1 Å². The summed E-state index contributed by atoms with van der Waals surface area (Å²) >= 11 is 0. The minimum absolute atomic E-state index is 0.0510. The monoisotopic (exact) mass is 185 g/mol. The Morgan fingerprint density at radius 3 is 2.08 bits per heavy atom. The molecule has 0 saturated heterocycles. The van der Waals surface area contributed by atoms with Crippen molar-refractivity contribution < 1.29 is 9.90 Å². The Hall–Kier alpha value is -0.830. The van der Waals surface area contributed by atoms with Crippen molar-refractivity contribution in [2.24, 2.45) is 5.41 Å². The highest BCUT2D eigenvalue weighted by Crippen LogP contribution is 2.23. The standard InChI is InChI=1S/C10H19NO2/c1-10(2,3)8(11(4)5)6-7-9(12)13/h6-8H,1-5H3,(H,12,13)/b7-6+/t8-/m0/s1. The summed E-state index contributed by atoms with van der Waals surface area (Å²) < 4.78 is 0. The molecule has 13 heavy (non-hydrogen) atoms. The number of rotatable bonds is 3. The molecule has 0 aromatic carbocycles. The van der Waals surface area contributed by atoms with Crippen LogP contribution in [0.4, 0.5) is 0 Å². The lowest BCUT2D eigenvalue weighted by atomic mass is 9.86. The Morgan fingerprint density at radius 2 is 1.85 bits per heavy atom. The van der Waals surface area contributed by atoms with Crippen molar-refractivity contribution in [3.8, 4) is 0 Å². The van der Waals surface area contributed by atoms with E-state index in [9.17, 15) is 4.79 Å². The molecule has 3 nitrogen and oxygen atoms in total. The molecule has 3 heteroatoms. The largest absolute Gasteiger partial charge is 0.478 e. The molecule has 0 radical (unpaired) electrons. The van der Waals surface area contributed by atoms with E-state index in [0.717, 1.165) is 0 Å². The van der Waals surface area contributed by atoms with Gasteiger partial charge in [0.2, 0.25) is 0 Å². The highest BCUT2D eigenvalue weighted by Gasteiger charge is 2.23. The molecule has 0 aliphatic carbocycles. The van der Waals surface area contributed by atoms with Crippen LogP contribution in [0, 0.1) is 5.41 Å². The highest BCUT2D eigenvalue weighted by molar-refractivity contribution is 5.79. The van der Waals surface area contributed by atoms with Gasteiger partial charge in [0.25, 0.3) is 0 Å². The van der Waals surface area contributed by atoms with Crippen LogP contribution < -0.4 is 0 Å². The van der Waals surface area contributed by atoms with E-state index in [-0.39, 0.29) is 11.5 Å². The van der Waals surface area contributed by atoms with Crippen molar-refractivity contribution in [2.75, 3.05) is 14.1 Å². The first-order chi connectivity index (χ1) is 5.75. The van der Waals surface area contributed by atoms with Gasteiger partial charge in [0.05, 0.1) is 0 Å². The van der Waals surface area contributed by atoms with Crippen LogP contribution in [0.25, 0.3) is 0 Å². The van der Waals surface area contributed by atoms with Gasteiger partial charge in [-0.3, -0.25) is 0 Å². The second kappa shape index (κ2) is 4.42. The Labute approximate surface area is 80.0 Å². The van der Waals surface area contributed by atoms with E-state index in [0.29, 0.717) is 0 Å². The summed E-state index contributed by atoms with van der Waals surface area (Å²) in [5.41, 5.74) is 0.0510. The van der Waals surface area contributed by atoms with Crippen molar-refractivity contribution in [1.29, 1.82) is 0 Å². The lowest BCUT2D eigenvalue weighted by Crippen LogP contribution is -2.37. The molecule has 1 atom stereocenters. The zero-order chi connectivity index (χ0) is 10.6. The molecule has 0 aliphatic rings. The van der Waals surface area contributed by atoms with Gasteiger partial charge in [-0.25, -0.2) is 4.79 Å². The van der Waals surface area contributed by atoms with E-state index in [1.807, 2.05) is 19.0 Å². The number of carboxylic acids is 1. The molecule has 0 aliphatic heterocycles. The van der Waals surface area contributed by atoms with Crippen LogP contribution in [0.3, 0.4) is 0 Å². The molecule has 1 N–H and O–H groups in total.